The summed E-state index contributed by atoms with van der Waals surface area (Å²) in [4.78, 5) is 66.3. The van der Waals surface area contributed by atoms with Crippen molar-refractivity contribution in [3.63, 3.8) is 0 Å². The number of hydrogen-bond acceptors (Lipinski definition) is 9. The van der Waals surface area contributed by atoms with E-state index in [4.69, 9.17) is 18.9 Å². The second kappa shape index (κ2) is 21.8. The van der Waals surface area contributed by atoms with E-state index in [-0.39, 0.29) is 26.2 Å². The van der Waals surface area contributed by atoms with Crippen molar-refractivity contribution in [1.29, 1.82) is 0 Å². The van der Waals surface area contributed by atoms with Gasteiger partial charge >= 0.3 is 12.1 Å². The molecule has 4 rings (SSSR count). The van der Waals surface area contributed by atoms with Gasteiger partial charge in [-0.05, 0) is 69.0 Å². The van der Waals surface area contributed by atoms with Crippen molar-refractivity contribution in [1.82, 2.24) is 21.3 Å². The molecule has 4 aromatic rings. The van der Waals surface area contributed by atoms with Crippen molar-refractivity contribution >= 4 is 29.8 Å². The smallest absolute Gasteiger partial charge is 0.408 e. The summed E-state index contributed by atoms with van der Waals surface area (Å²) in [6, 6.07) is 30.6. The Morgan fingerprint density at radius 1 is 0.544 bits per heavy atom. The maximum absolute atomic E-state index is 13.7. The van der Waals surface area contributed by atoms with Crippen LogP contribution < -0.4 is 26.0 Å². The third kappa shape index (κ3) is 15.8. The Balaban J connectivity index is 1.43. The molecule has 0 fully saturated rings. The molecular formula is C44H52N4O9. The molecule has 0 bridgehead atoms. The highest BCUT2D eigenvalue weighted by Crippen LogP contribution is 2.16. The van der Waals surface area contributed by atoms with Crippen molar-refractivity contribution in [2.75, 3.05) is 6.61 Å². The fraction of sp³-hybridized carbons (Fsp3) is 0.341. The predicted molar refractivity (Wildman–Crippen MR) is 214 cm³/mol. The van der Waals surface area contributed by atoms with Crippen molar-refractivity contribution in [3.8, 4) is 5.75 Å². The van der Waals surface area contributed by atoms with Gasteiger partial charge in [0.25, 0.3) is 0 Å². The van der Waals surface area contributed by atoms with Crippen LogP contribution in [0.2, 0.25) is 0 Å². The number of rotatable bonds is 19. The van der Waals surface area contributed by atoms with E-state index < -0.39 is 59.6 Å². The van der Waals surface area contributed by atoms with E-state index >= 15 is 0 Å². The number of carbonyl (C=O) groups is 5. The lowest BCUT2D eigenvalue weighted by Crippen LogP contribution is -2.58. The van der Waals surface area contributed by atoms with Crippen LogP contribution in [0.5, 0.6) is 5.75 Å². The van der Waals surface area contributed by atoms with Crippen LogP contribution >= 0.6 is 0 Å². The number of amides is 4. The van der Waals surface area contributed by atoms with Gasteiger partial charge in [0.2, 0.25) is 17.7 Å². The van der Waals surface area contributed by atoms with Crippen molar-refractivity contribution < 1.29 is 42.9 Å². The van der Waals surface area contributed by atoms with Gasteiger partial charge in [-0.15, -0.1) is 0 Å². The number of esters is 1. The third-order valence-corrected chi connectivity index (χ3v) is 8.34. The highest BCUT2D eigenvalue weighted by Gasteiger charge is 2.30. The fourth-order valence-electron chi connectivity index (χ4n) is 5.31. The van der Waals surface area contributed by atoms with E-state index in [1.54, 1.807) is 45.0 Å². The zero-order valence-electron chi connectivity index (χ0n) is 33.0. The van der Waals surface area contributed by atoms with E-state index in [0.717, 1.165) is 16.7 Å². The van der Waals surface area contributed by atoms with Gasteiger partial charge in [0.05, 0.1) is 13.2 Å². The van der Waals surface area contributed by atoms with E-state index in [1.807, 2.05) is 91.0 Å². The summed E-state index contributed by atoms with van der Waals surface area (Å²) >= 11 is 0. The molecule has 4 N–H and O–H groups in total. The molecule has 0 unspecified atom stereocenters. The molecular weight excluding hydrogens is 729 g/mol. The molecule has 57 heavy (non-hydrogen) atoms. The second-order valence-corrected chi connectivity index (χ2v) is 14.4. The summed E-state index contributed by atoms with van der Waals surface area (Å²) in [5.74, 6) is -2.09. The molecule has 13 heteroatoms. The van der Waals surface area contributed by atoms with Crippen LogP contribution in [0.25, 0.3) is 0 Å². The average molecular weight is 781 g/mol. The van der Waals surface area contributed by atoms with Gasteiger partial charge in [-0.1, -0.05) is 103 Å². The number of hydrogen-bond donors (Lipinski definition) is 4. The molecule has 302 valence electrons. The highest BCUT2D eigenvalue weighted by molar-refractivity contribution is 5.94. The summed E-state index contributed by atoms with van der Waals surface area (Å²) in [6.45, 7) is 8.35. The van der Waals surface area contributed by atoms with Gasteiger partial charge in [0.1, 0.15) is 48.7 Å². The lowest BCUT2D eigenvalue weighted by Gasteiger charge is -2.25. The van der Waals surface area contributed by atoms with Crippen LogP contribution in [0, 0.1) is 0 Å². The molecule has 0 radical (unpaired) electrons. The normalized spacial score (nSPS) is 13.1. The summed E-state index contributed by atoms with van der Waals surface area (Å²) in [5.41, 5.74) is 2.51. The largest absolute Gasteiger partial charge is 0.489 e. The lowest BCUT2D eigenvalue weighted by molar-refractivity contribution is -0.148. The first-order chi connectivity index (χ1) is 27.3. The van der Waals surface area contributed by atoms with Crippen LogP contribution in [-0.4, -0.2) is 66.2 Å². The maximum atomic E-state index is 13.7. The minimum absolute atomic E-state index is 0.0248. The van der Waals surface area contributed by atoms with Gasteiger partial charge in [0.15, 0.2) is 0 Å². The van der Waals surface area contributed by atoms with Gasteiger partial charge < -0.3 is 40.2 Å². The molecule has 0 aromatic heterocycles. The number of ether oxygens (including phenoxy) is 4. The zero-order chi connectivity index (χ0) is 41.2. The van der Waals surface area contributed by atoms with Crippen LogP contribution in [0.15, 0.2) is 115 Å². The molecule has 0 aliphatic rings. The molecule has 0 saturated heterocycles. The standard InChI is InChI=1S/C44H52N4O9/c1-30(45-41(51)38(48-43(53)57-44(3,4)5)29-54-26-33-15-9-6-10-16-33)39(49)47-37(40(50)46-31(2)42(52)56-28-35-19-13-8-14-20-35)25-32-21-23-36(24-22-32)55-27-34-17-11-7-12-18-34/h6-24,30-31,37-38H,25-29H2,1-5H3,(H,45,51)(H,46,50)(H,47,49)(H,48,53)/t30-,31-,37+,38+/m1/s1. The second-order valence-electron chi connectivity index (χ2n) is 14.4. The first kappa shape index (κ1) is 43.5. The molecule has 4 aromatic carbocycles. The fourth-order valence-corrected chi connectivity index (χ4v) is 5.31. The van der Waals surface area contributed by atoms with Gasteiger partial charge in [-0.3, -0.25) is 14.4 Å². The summed E-state index contributed by atoms with van der Waals surface area (Å²) in [5, 5.41) is 10.5. The number of alkyl carbamates (subject to hydrolysis) is 1. The van der Waals surface area contributed by atoms with Gasteiger partial charge in [-0.2, -0.15) is 0 Å². The number of nitrogens with one attached hydrogen (secondary N) is 4. The van der Waals surface area contributed by atoms with Crippen molar-refractivity contribution in [3.05, 3.63) is 138 Å². The summed E-state index contributed by atoms with van der Waals surface area (Å²) < 4.78 is 22.4. The Kier molecular flexibility index (Phi) is 16.6. The van der Waals surface area contributed by atoms with E-state index in [1.165, 1.54) is 13.8 Å². The molecule has 4 amide bonds. The molecule has 0 heterocycles. The van der Waals surface area contributed by atoms with Crippen molar-refractivity contribution in [2.45, 2.75) is 90.6 Å². The number of benzene rings is 4. The van der Waals surface area contributed by atoms with E-state index in [2.05, 4.69) is 21.3 Å². The summed E-state index contributed by atoms with van der Waals surface area (Å²) in [6.07, 6.45) is -0.799. The monoisotopic (exact) mass is 780 g/mol. The molecule has 0 spiro atoms. The Morgan fingerprint density at radius 3 is 1.61 bits per heavy atom. The third-order valence-electron chi connectivity index (χ3n) is 8.34. The molecule has 4 atom stereocenters. The average Bonchev–Trinajstić information content (AvgIpc) is 3.19. The topological polar surface area (TPSA) is 170 Å². The quantitative estimate of drug-likeness (QED) is 0.0940. The number of carbonyl (C=O) groups excluding carboxylic acids is 5. The molecule has 0 aliphatic carbocycles. The Bertz CT molecular complexity index is 1890. The molecule has 13 nitrogen and oxygen atoms in total. The first-order valence-corrected chi connectivity index (χ1v) is 18.7. The molecule has 0 aliphatic heterocycles. The van der Waals surface area contributed by atoms with Gasteiger partial charge in [0, 0.05) is 6.42 Å². The predicted octanol–water partition coefficient (Wildman–Crippen LogP) is 5.16. The van der Waals surface area contributed by atoms with Gasteiger partial charge in [-0.25, -0.2) is 9.59 Å². The SMILES string of the molecule is C[C@@H](NC(=O)[C@H](COCc1ccccc1)NC(=O)OC(C)(C)C)C(=O)N[C@@H](Cc1ccc(OCc2ccccc2)cc1)C(=O)N[C@H](C)C(=O)OCc1ccccc1. The maximum Gasteiger partial charge on any atom is 0.408 e. The van der Waals surface area contributed by atoms with Crippen LogP contribution in [0.4, 0.5) is 4.79 Å². The molecule has 0 saturated carbocycles. The minimum Gasteiger partial charge on any atom is -0.489 e. The Morgan fingerprint density at radius 2 is 1.05 bits per heavy atom. The summed E-state index contributed by atoms with van der Waals surface area (Å²) in [7, 11) is 0. The highest BCUT2D eigenvalue weighted by atomic mass is 16.6. The van der Waals surface area contributed by atoms with Crippen LogP contribution in [0.3, 0.4) is 0 Å². The Labute approximate surface area is 333 Å². The zero-order valence-corrected chi connectivity index (χ0v) is 33.0. The first-order valence-electron chi connectivity index (χ1n) is 18.7. The van der Waals surface area contributed by atoms with E-state index in [0.29, 0.717) is 17.9 Å². The van der Waals surface area contributed by atoms with Crippen molar-refractivity contribution in [2.24, 2.45) is 0 Å². The van der Waals surface area contributed by atoms with Crippen LogP contribution in [-0.2, 0) is 59.6 Å². The van der Waals surface area contributed by atoms with E-state index in [9.17, 15) is 24.0 Å². The minimum atomic E-state index is -1.22. The van der Waals surface area contributed by atoms with Crippen LogP contribution in [0.1, 0.15) is 56.9 Å². The lowest BCUT2D eigenvalue weighted by atomic mass is 10.0. The Hall–Kier alpha value is -6.21.